The summed E-state index contributed by atoms with van der Waals surface area (Å²) in [5.41, 5.74) is 0. The number of rotatable bonds is 0. The molecule has 1 atom stereocenters. The molecular formula is C3H5IO2. The van der Waals surface area contributed by atoms with Gasteiger partial charge in [0.05, 0.1) is 6.61 Å². The Morgan fingerprint density at radius 1 is 1.67 bits per heavy atom. The average molecular weight is 200 g/mol. The highest BCUT2D eigenvalue weighted by Gasteiger charge is 2.09. The van der Waals surface area contributed by atoms with E-state index in [1.807, 2.05) is 0 Å². The van der Waals surface area contributed by atoms with Crippen LogP contribution in [0.5, 0.6) is 0 Å². The van der Waals surface area contributed by atoms with Crippen LogP contribution in [0.15, 0.2) is 0 Å². The maximum atomic E-state index is 4.92. The Kier molecular flexibility index (Phi) is 1.67. The molecule has 1 aliphatic heterocycles. The van der Waals surface area contributed by atoms with Gasteiger partial charge < -0.3 is 9.47 Å². The quantitative estimate of drug-likeness (QED) is 0.424. The maximum absolute atomic E-state index is 4.92. The second-order valence-electron chi connectivity index (χ2n) is 1.07. The molecule has 0 aromatic heterocycles. The maximum Gasteiger partial charge on any atom is 0.148 e. The molecule has 0 radical (unpaired) electrons. The van der Waals surface area contributed by atoms with E-state index in [0.717, 1.165) is 6.61 Å². The van der Waals surface area contributed by atoms with E-state index in [1.165, 1.54) is 0 Å². The summed E-state index contributed by atoms with van der Waals surface area (Å²) in [6.45, 7) is 1.23. The molecule has 6 heavy (non-hydrogen) atoms. The lowest BCUT2D eigenvalue weighted by molar-refractivity contribution is 0.0664. The minimum atomic E-state index is 0.294. The highest BCUT2D eigenvalue weighted by molar-refractivity contribution is 14.1. The van der Waals surface area contributed by atoms with Crippen LogP contribution >= 0.6 is 22.6 Å². The molecule has 0 saturated carbocycles. The van der Waals surface area contributed by atoms with Crippen molar-refractivity contribution in [1.82, 2.24) is 0 Å². The normalized spacial score (nSPS) is 34.5. The number of hydrogen-bond acceptors (Lipinski definition) is 2. The first-order chi connectivity index (χ1) is 2.89. The van der Waals surface area contributed by atoms with E-state index >= 15 is 0 Å². The summed E-state index contributed by atoms with van der Waals surface area (Å²) in [6.07, 6.45) is 0. The molecule has 1 fully saturated rings. The Morgan fingerprint density at radius 3 is 2.67 bits per heavy atom. The predicted octanol–water partition coefficient (Wildman–Crippen LogP) is 0.752. The number of halogens is 1. The predicted molar refractivity (Wildman–Crippen MR) is 29.7 cm³/mol. The Balaban J connectivity index is 2.18. The number of ether oxygens (including phenoxy) is 2. The van der Waals surface area contributed by atoms with Gasteiger partial charge >= 0.3 is 0 Å². The summed E-state index contributed by atoms with van der Waals surface area (Å²) in [4.78, 5) is 0. The third kappa shape index (κ3) is 1.06. The molecule has 1 heterocycles. The van der Waals surface area contributed by atoms with Crippen LogP contribution < -0.4 is 0 Å². The lowest BCUT2D eigenvalue weighted by atomic mass is 10.8. The molecule has 1 unspecified atom stereocenters. The second-order valence-corrected chi connectivity index (χ2v) is 2.45. The van der Waals surface area contributed by atoms with Crippen molar-refractivity contribution >= 4 is 22.6 Å². The average Bonchev–Trinajstić information content (AvgIpc) is 1.86. The van der Waals surface area contributed by atoms with Crippen molar-refractivity contribution in [3.63, 3.8) is 0 Å². The minimum Gasteiger partial charge on any atom is -0.352 e. The zero-order valence-corrected chi connectivity index (χ0v) is 5.34. The third-order valence-electron chi connectivity index (χ3n) is 0.581. The van der Waals surface area contributed by atoms with E-state index in [0.29, 0.717) is 10.9 Å². The molecule has 1 rings (SSSR count). The van der Waals surface area contributed by atoms with Crippen LogP contribution in [0.2, 0.25) is 0 Å². The van der Waals surface area contributed by atoms with Crippen LogP contribution in [0.1, 0.15) is 0 Å². The molecule has 1 aliphatic rings. The summed E-state index contributed by atoms with van der Waals surface area (Å²) >= 11 is 2.18. The zero-order chi connectivity index (χ0) is 4.41. The topological polar surface area (TPSA) is 18.5 Å². The van der Waals surface area contributed by atoms with Gasteiger partial charge in [-0.25, -0.2) is 0 Å². The summed E-state index contributed by atoms with van der Waals surface area (Å²) < 4.78 is 10.0. The second kappa shape index (κ2) is 2.09. The molecule has 36 valence electrons. The summed E-state index contributed by atoms with van der Waals surface area (Å²) in [6, 6.07) is 0. The van der Waals surface area contributed by atoms with Gasteiger partial charge in [0.2, 0.25) is 0 Å². The summed E-state index contributed by atoms with van der Waals surface area (Å²) in [5, 5.41) is 0. The van der Waals surface area contributed by atoms with Gasteiger partial charge in [0, 0.05) is 0 Å². The van der Waals surface area contributed by atoms with Crippen LogP contribution in [0.4, 0.5) is 0 Å². The lowest BCUT2D eigenvalue weighted by Gasteiger charge is -1.88. The Hall–Kier alpha value is 0.650. The Bertz CT molecular complexity index is 42.1. The van der Waals surface area contributed by atoms with Gasteiger partial charge in [-0.15, -0.1) is 0 Å². The van der Waals surface area contributed by atoms with E-state index < -0.39 is 0 Å². The fourth-order valence-corrected chi connectivity index (χ4v) is 0.712. The number of hydrogen-bond donors (Lipinski definition) is 0. The molecule has 0 aromatic rings. The largest absolute Gasteiger partial charge is 0.352 e. The van der Waals surface area contributed by atoms with Crippen molar-refractivity contribution in [3.8, 4) is 0 Å². The van der Waals surface area contributed by atoms with Gasteiger partial charge in [0.1, 0.15) is 10.9 Å². The first-order valence-corrected chi connectivity index (χ1v) is 2.97. The molecule has 0 spiro atoms. The molecule has 0 aliphatic carbocycles. The first kappa shape index (κ1) is 4.80. The van der Waals surface area contributed by atoms with Crippen LogP contribution in [0.3, 0.4) is 0 Å². The van der Waals surface area contributed by atoms with Gasteiger partial charge in [-0.05, 0) is 22.6 Å². The molecule has 0 aromatic carbocycles. The van der Waals surface area contributed by atoms with Crippen LogP contribution in [0, 0.1) is 0 Å². The zero-order valence-electron chi connectivity index (χ0n) is 3.19. The van der Waals surface area contributed by atoms with Gasteiger partial charge in [0.15, 0.2) is 0 Å². The van der Waals surface area contributed by atoms with E-state index in [9.17, 15) is 0 Å². The van der Waals surface area contributed by atoms with Crippen molar-refractivity contribution in [2.75, 3.05) is 13.4 Å². The molecular weight excluding hydrogens is 195 g/mol. The van der Waals surface area contributed by atoms with Crippen molar-refractivity contribution in [2.24, 2.45) is 0 Å². The first-order valence-electron chi connectivity index (χ1n) is 1.73. The molecule has 0 bridgehead atoms. The fraction of sp³-hybridized carbons (Fsp3) is 1.00. The number of alkyl halides is 1. The fourth-order valence-electron chi connectivity index (χ4n) is 0.311. The van der Waals surface area contributed by atoms with Crippen LogP contribution in [-0.4, -0.2) is 17.5 Å². The van der Waals surface area contributed by atoms with Gasteiger partial charge in [0.25, 0.3) is 0 Å². The molecule has 0 amide bonds. The van der Waals surface area contributed by atoms with Gasteiger partial charge in [-0.2, -0.15) is 0 Å². The van der Waals surface area contributed by atoms with Crippen LogP contribution in [-0.2, 0) is 9.47 Å². The van der Waals surface area contributed by atoms with Crippen LogP contribution in [0.25, 0.3) is 0 Å². The molecule has 0 N–H and O–H groups in total. The van der Waals surface area contributed by atoms with Crippen molar-refractivity contribution in [1.29, 1.82) is 0 Å². The van der Waals surface area contributed by atoms with E-state index in [-0.39, 0.29) is 0 Å². The Morgan fingerprint density at radius 2 is 2.50 bits per heavy atom. The van der Waals surface area contributed by atoms with Gasteiger partial charge in [-0.1, -0.05) is 0 Å². The highest BCUT2D eigenvalue weighted by Crippen LogP contribution is 2.08. The van der Waals surface area contributed by atoms with Crippen molar-refractivity contribution in [2.45, 2.75) is 4.11 Å². The summed E-state index contributed by atoms with van der Waals surface area (Å²) in [5.74, 6) is 0. The summed E-state index contributed by atoms with van der Waals surface area (Å²) in [7, 11) is 0. The lowest BCUT2D eigenvalue weighted by Crippen LogP contribution is -1.94. The van der Waals surface area contributed by atoms with Crippen molar-refractivity contribution < 1.29 is 9.47 Å². The smallest absolute Gasteiger partial charge is 0.148 e. The molecule has 1 saturated heterocycles. The monoisotopic (exact) mass is 200 g/mol. The standard InChI is InChI=1S/C3H5IO2/c4-3-1-5-2-6-3/h3H,1-2H2. The third-order valence-corrected chi connectivity index (χ3v) is 1.30. The van der Waals surface area contributed by atoms with Crippen molar-refractivity contribution in [3.05, 3.63) is 0 Å². The van der Waals surface area contributed by atoms with Gasteiger partial charge in [-0.3, -0.25) is 0 Å². The Labute approximate surface area is 50.0 Å². The SMILES string of the molecule is IC1COCO1. The molecule has 2 nitrogen and oxygen atoms in total. The minimum absolute atomic E-state index is 0.294. The highest BCUT2D eigenvalue weighted by atomic mass is 127. The molecule has 3 heteroatoms. The van der Waals surface area contributed by atoms with E-state index in [2.05, 4.69) is 22.6 Å². The van der Waals surface area contributed by atoms with E-state index in [4.69, 9.17) is 9.47 Å². The van der Waals surface area contributed by atoms with E-state index in [1.54, 1.807) is 0 Å².